The van der Waals surface area contributed by atoms with E-state index in [1.807, 2.05) is 18.2 Å². The first-order chi connectivity index (χ1) is 14.9. The van der Waals surface area contributed by atoms with Gasteiger partial charge in [-0.2, -0.15) is 9.61 Å². The van der Waals surface area contributed by atoms with Crippen molar-refractivity contribution in [1.29, 1.82) is 0 Å². The van der Waals surface area contributed by atoms with E-state index >= 15 is 0 Å². The standard InChI is InChI=1S/C20H26N10O/c1-23-17-7-16-26-14-5-11(6-15(18(14)21)28(2)22)9-29-4-3-12(10-29)25-20(31)13-8-24-30(17)19(13)27-16/h5-8,12,23H,3-4,9-10,21-22H2,1-2H3,(H,25,31)(H,26,27). The van der Waals surface area contributed by atoms with Crippen LogP contribution in [-0.2, 0) is 6.54 Å². The number of benzene rings is 1. The number of hydrogen-bond acceptors (Lipinski definition) is 9. The molecule has 1 saturated heterocycles. The Morgan fingerprint density at radius 2 is 2.16 bits per heavy atom. The van der Waals surface area contributed by atoms with Gasteiger partial charge in [0.2, 0.25) is 0 Å². The number of aromatic nitrogens is 3. The molecule has 31 heavy (non-hydrogen) atoms. The normalized spacial score (nSPS) is 20.3. The van der Waals surface area contributed by atoms with Crippen molar-refractivity contribution in [3.8, 4) is 0 Å². The number of carbonyl (C=O) groups is 1. The van der Waals surface area contributed by atoms with Crippen molar-refractivity contribution in [2.24, 2.45) is 5.84 Å². The van der Waals surface area contributed by atoms with Gasteiger partial charge in [-0.25, -0.2) is 10.8 Å². The van der Waals surface area contributed by atoms with Gasteiger partial charge in [-0.1, -0.05) is 0 Å². The minimum absolute atomic E-state index is 0.0698. The first-order valence-electron chi connectivity index (χ1n) is 10.2. The lowest BCUT2D eigenvalue weighted by Crippen LogP contribution is -2.37. The summed E-state index contributed by atoms with van der Waals surface area (Å²) in [7, 11) is 3.56. The molecule has 2 atom stereocenters. The van der Waals surface area contributed by atoms with E-state index in [-0.39, 0.29) is 11.9 Å². The molecule has 7 N–H and O–H groups in total. The molecule has 0 radical (unpaired) electrons. The molecule has 0 saturated carbocycles. The lowest BCUT2D eigenvalue weighted by Gasteiger charge is -2.23. The Hall–Kier alpha value is -3.57. The van der Waals surface area contributed by atoms with Crippen LogP contribution in [0.4, 0.5) is 28.7 Å². The summed E-state index contributed by atoms with van der Waals surface area (Å²) in [6.07, 6.45) is 2.44. The van der Waals surface area contributed by atoms with Gasteiger partial charge in [0.25, 0.3) is 5.91 Å². The van der Waals surface area contributed by atoms with Gasteiger partial charge in [-0.05, 0) is 24.1 Å². The summed E-state index contributed by atoms with van der Waals surface area (Å²) in [5.74, 6) is 7.12. The first kappa shape index (κ1) is 19.4. The van der Waals surface area contributed by atoms with Crippen LogP contribution in [0.3, 0.4) is 0 Å². The second-order valence-corrected chi connectivity index (χ2v) is 8.08. The number of hydrazine groups is 1. The molecule has 162 valence electrons. The van der Waals surface area contributed by atoms with E-state index in [1.165, 1.54) is 5.01 Å². The summed E-state index contributed by atoms with van der Waals surface area (Å²) in [6, 6.07) is 5.92. The van der Waals surface area contributed by atoms with Crippen LogP contribution in [0.5, 0.6) is 0 Å². The molecule has 2 aliphatic rings. The number of rotatable bonds is 2. The number of amides is 1. The van der Waals surface area contributed by atoms with Crippen LogP contribution in [-0.4, -0.2) is 58.6 Å². The maximum absolute atomic E-state index is 13.0. The molecule has 2 aromatic heterocycles. The third kappa shape index (κ3) is 3.37. The number of nitrogen functional groups attached to an aromatic ring is 1. The van der Waals surface area contributed by atoms with Crippen LogP contribution >= 0.6 is 0 Å². The van der Waals surface area contributed by atoms with Crippen LogP contribution < -0.4 is 32.5 Å². The molecule has 5 rings (SSSR count). The summed E-state index contributed by atoms with van der Waals surface area (Å²) in [5.41, 5.74) is 10.4. The monoisotopic (exact) mass is 422 g/mol. The average Bonchev–Trinajstić information content (AvgIpc) is 3.35. The minimum Gasteiger partial charge on any atom is -0.395 e. The number of carbonyl (C=O) groups excluding carboxylic acids is 1. The molecule has 2 unspecified atom stereocenters. The third-order valence-corrected chi connectivity index (χ3v) is 5.85. The highest BCUT2D eigenvalue weighted by Gasteiger charge is 2.27. The van der Waals surface area contributed by atoms with Crippen LogP contribution in [0.1, 0.15) is 22.3 Å². The highest BCUT2D eigenvalue weighted by Crippen LogP contribution is 2.34. The Balaban J connectivity index is 1.70. The fourth-order valence-corrected chi connectivity index (χ4v) is 4.30. The topological polar surface area (TPSA) is 142 Å². The maximum Gasteiger partial charge on any atom is 0.257 e. The van der Waals surface area contributed by atoms with Crippen molar-refractivity contribution in [3.05, 3.63) is 35.5 Å². The number of nitrogens with two attached hydrogens (primary N) is 2. The quantitative estimate of drug-likeness (QED) is 0.229. The Morgan fingerprint density at radius 1 is 1.32 bits per heavy atom. The second kappa shape index (κ2) is 7.29. The fraction of sp³-hybridized carbons (Fsp3) is 0.350. The second-order valence-electron chi connectivity index (χ2n) is 8.08. The maximum atomic E-state index is 13.0. The summed E-state index contributed by atoms with van der Waals surface area (Å²) in [4.78, 5) is 20.0. The molecule has 3 aromatic rings. The number of nitrogens with one attached hydrogen (secondary N) is 3. The van der Waals surface area contributed by atoms with Crippen LogP contribution in [0.15, 0.2) is 24.4 Å². The van der Waals surface area contributed by atoms with Gasteiger partial charge >= 0.3 is 0 Å². The molecule has 0 spiro atoms. The zero-order chi connectivity index (χ0) is 21.7. The van der Waals surface area contributed by atoms with Gasteiger partial charge in [0.05, 0.1) is 23.3 Å². The molecule has 2 aliphatic heterocycles. The van der Waals surface area contributed by atoms with E-state index in [9.17, 15) is 4.79 Å². The number of nitrogens with zero attached hydrogens (tertiary/aromatic N) is 5. The summed E-state index contributed by atoms with van der Waals surface area (Å²) >= 11 is 0. The number of hydrogen-bond donors (Lipinski definition) is 5. The molecular weight excluding hydrogens is 396 g/mol. The van der Waals surface area contributed by atoms with E-state index < -0.39 is 0 Å². The van der Waals surface area contributed by atoms with Gasteiger partial charge in [0.1, 0.15) is 17.2 Å². The van der Waals surface area contributed by atoms with Crippen molar-refractivity contribution in [2.75, 3.05) is 48.6 Å². The van der Waals surface area contributed by atoms with E-state index in [0.717, 1.165) is 37.3 Å². The van der Waals surface area contributed by atoms with Gasteiger partial charge in [0.15, 0.2) is 5.65 Å². The van der Waals surface area contributed by atoms with E-state index in [1.54, 1.807) is 24.8 Å². The van der Waals surface area contributed by atoms with E-state index in [2.05, 4.69) is 30.9 Å². The highest BCUT2D eigenvalue weighted by atomic mass is 16.1. The lowest BCUT2D eigenvalue weighted by molar-refractivity contribution is 0.0939. The van der Waals surface area contributed by atoms with Crippen molar-refractivity contribution >= 4 is 40.3 Å². The third-order valence-electron chi connectivity index (χ3n) is 5.85. The Kier molecular flexibility index (Phi) is 4.56. The smallest absolute Gasteiger partial charge is 0.257 e. The summed E-state index contributed by atoms with van der Waals surface area (Å²) in [6.45, 7) is 2.40. The first-order valence-corrected chi connectivity index (χ1v) is 10.2. The summed E-state index contributed by atoms with van der Waals surface area (Å²) in [5, 5.41) is 15.4. The number of anilines is 5. The minimum atomic E-state index is -0.171. The predicted octanol–water partition coefficient (Wildman–Crippen LogP) is 0.724. The molecule has 11 nitrogen and oxygen atoms in total. The van der Waals surface area contributed by atoms with Crippen LogP contribution in [0.2, 0.25) is 0 Å². The average molecular weight is 422 g/mol. The molecular formula is C20H26N10O. The fourth-order valence-electron chi connectivity index (χ4n) is 4.30. The molecule has 0 aliphatic carbocycles. The molecule has 4 heterocycles. The largest absolute Gasteiger partial charge is 0.395 e. The SMILES string of the molecule is CNc1cc2nc3c(cnn13)C(=O)NC1CCN(Cc3cc(c(N)c(N(C)N)c3)N2)C1. The van der Waals surface area contributed by atoms with Gasteiger partial charge in [-0.3, -0.25) is 9.69 Å². The van der Waals surface area contributed by atoms with Gasteiger partial charge in [0, 0.05) is 45.8 Å². The Bertz CT molecular complexity index is 1170. The van der Waals surface area contributed by atoms with Gasteiger partial charge < -0.3 is 26.7 Å². The zero-order valence-electron chi connectivity index (χ0n) is 17.5. The summed E-state index contributed by atoms with van der Waals surface area (Å²) < 4.78 is 1.62. The Labute approximate surface area is 179 Å². The van der Waals surface area contributed by atoms with E-state index in [4.69, 9.17) is 11.6 Å². The van der Waals surface area contributed by atoms with Crippen molar-refractivity contribution in [3.63, 3.8) is 0 Å². The Morgan fingerprint density at radius 3 is 2.94 bits per heavy atom. The molecule has 1 amide bonds. The van der Waals surface area contributed by atoms with Crippen molar-refractivity contribution in [2.45, 2.75) is 19.0 Å². The zero-order valence-corrected chi connectivity index (χ0v) is 17.5. The van der Waals surface area contributed by atoms with Crippen molar-refractivity contribution in [1.82, 2.24) is 24.8 Å². The van der Waals surface area contributed by atoms with Crippen LogP contribution in [0, 0.1) is 0 Å². The van der Waals surface area contributed by atoms with Gasteiger partial charge in [-0.15, -0.1) is 0 Å². The van der Waals surface area contributed by atoms with E-state index in [0.29, 0.717) is 34.2 Å². The highest BCUT2D eigenvalue weighted by molar-refractivity contribution is 6.00. The van der Waals surface area contributed by atoms with Crippen molar-refractivity contribution < 1.29 is 4.79 Å². The number of fused-ring (bicyclic) bond motifs is 5. The molecule has 11 heteroatoms. The van der Waals surface area contributed by atoms with Crippen LogP contribution in [0.25, 0.3) is 5.65 Å². The molecule has 1 aromatic carbocycles. The lowest BCUT2D eigenvalue weighted by atomic mass is 10.1. The molecule has 6 bridgehead atoms. The predicted molar refractivity (Wildman–Crippen MR) is 120 cm³/mol. The molecule has 1 fully saturated rings.